The summed E-state index contributed by atoms with van der Waals surface area (Å²) in [5, 5.41) is 10.4. The largest absolute Gasteiger partial charge is 0.307 e. The zero-order valence-electron chi connectivity index (χ0n) is 34.6. The highest BCUT2D eigenvalue weighted by atomic mass is 28.3. The summed E-state index contributed by atoms with van der Waals surface area (Å²) < 4.78 is 5.05. The van der Waals surface area contributed by atoms with Crippen LogP contribution in [0, 0.1) is 0 Å². The lowest BCUT2D eigenvalue weighted by molar-refractivity contribution is 1.13. The summed E-state index contributed by atoms with van der Waals surface area (Å²) in [5.41, 5.74) is 11.7. The van der Waals surface area contributed by atoms with Crippen molar-refractivity contribution in [3.05, 3.63) is 255 Å². The maximum absolute atomic E-state index is 2.78. The van der Waals surface area contributed by atoms with Crippen LogP contribution in [0.5, 0.6) is 0 Å². The van der Waals surface area contributed by atoms with Crippen molar-refractivity contribution in [1.82, 2.24) is 9.13 Å². The molecule has 0 unspecified atom stereocenters. The molecule has 0 aliphatic carbocycles. The van der Waals surface area contributed by atoms with E-state index < -0.39 is 8.07 Å². The molecule has 0 amide bonds. The van der Waals surface area contributed by atoms with E-state index in [2.05, 4.69) is 264 Å². The molecule has 12 rings (SSSR count). The van der Waals surface area contributed by atoms with Crippen LogP contribution in [0.4, 0.5) is 0 Å². The fraction of sp³-hybridized carbons (Fsp3) is 0. The Balaban J connectivity index is 1.18. The molecule has 0 N–H and O–H groups in total. The molecule has 0 radical (unpaired) electrons. The Morgan fingerprint density at radius 1 is 0.254 bits per heavy atom. The molecule has 0 atom stereocenters. The molecule has 0 fully saturated rings. The Morgan fingerprint density at radius 2 is 0.730 bits per heavy atom. The molecule has 10 aromatic carbocycles. The molecule has 2 aromatic heterocycles. The monoisotopic (exact) mass is 818 g/mol. The Bertz CT molecular complexity index is 3500. The predicted molar refractivity (Wildman–Crippen MR) is 270 cm³/mol. The fourth-order valence-electron chi connectivity index (χ4n) is 10.3. The van der Waals surface area contributed by atoms with E-state index in [1.165, 1.54) is 86.6 Å². The second-order valence-electron chi connectivity index (χ2n) is 16.4. The summed E-state index contributed by atoms with van der Waals surface area (Å²) in [4.78, 5) is 0. The third-order valence-corrected chi connectivity index (χ3v) is 17.8. The number of nitrogens with zero attached hydrogens (tertiary/aromatic N) is 2. The van der Waals surface area contributed by atoms with Crippen molar-refractivity contribution in [2.75, 3.05) is 0 Å². The SMILES string of the molecule is c1ccc(-c2ccc(-c3ccccc3)c(-n3c4ccccc4c4cccc(-n5c6ccccc6c6cc([Si](c7ccccc7)(c7ccccc7)c7ccccc7)ccc65)c43)c2)cc1. The van der Waals surface area contributed by atoms with Gasteiger partial charge in [0, 0.05) is 27.1 Å². The minimum atomic E-state index is -2.78. The van der Waals surface area contributed by atoms with Gasteiger partial charge in [-0.25, -0.2) is 0 Å². The molecule has 3 heteroatoms. The summed E-state index contributed by atoms with van der Waals surface area (Å²) in [6.45, 7) is 0. The van der Waals surface area contributed by atoms with Crippen molar-refractivity contribution in [2.45, 2.75) is 0 Å². The standard InChI is InChI=1S/C60H42N2Si/c1-6-21-43(22-7-1)45-37-39-50(44-23-8-2-9-24-44)59(41-45)62-56-35-19-16-31-51(56)53-33-20-36-58(60(53)62)61-55-34-18-17-32-52(55)54-42-49(38-40-57(54)61)63(46-25-10-3-11-26-46,47-27-12-4-13-28-47)48-29-14-5-15-30-48/h1-42H. The minimum absolute atomic E-state index is 1.14. The van der Waals surface area contributed by atoms with E-state index in [0.29, 0.717) is 0 Å². The summed E-state index contributed by atoms with van der Waals surface area (Å²) >= 11 is 0. The average molecular weight is 819 g/mol. The quantitative estimate of drug-likeness (QED) is 0.107. The lowest BCUT2D eigenvalue weighted by Gasteiger charge is -2.34. The van der Waals surface area contributed by atoms with Crippen molar-refractivity contribution in [2.24, 2.45) is 0 Å². The number of benzene rings is 10. The highest BCUT2D eigenvalue weighted by Gasteiger charge is 2.41. The molecule has 12 aromatic rings. The summed E-state index contributed by atoms with van der Waals surface area (Å²) in [5.74, 6) is 0. The van der Waals surface area contributed by atoms with Gasteiger partial charge in [-0.2, -0.15) is 0 Å². The van der Waals surface area contributed by atoms with Crippen LogP contribution < -0.4 is 20.7 Å². The van der Waals surface area contributed by atoms with Gasteiger partial charge < -0.3 is 9.13 Å². The van der Waals surface area contributed by atoms with Crippen molar-refractivity contribution in [3.63, 3.8) is 0 Å². The molecule has 296 valence electrons. The lowest BCUT2D eigenvalue weighted by atomic mass is 9.98. The zero-order chi connectivity index (χ0) is 41.7. The summed E-state index contributed by atoms with van der Waals surface area (Å²) in [6, 6.07) is 94.3. The molecule has 0 saturated carbocycles. The van der Waals surface area contributed by atoms with Gasteiger partial charge in [-0.3, -0.25) is 0 Å². The number of rotatable bonds is 8. The lowest BCUT2D eigenvalue weighted by Crippen LogP contribution is -2.74. The minimum Gasteiger partial charge on any atom is -0.307 e. The van der Waals surface area contributed by atoms with Crippen molar-refractivity contribution in [3.8, 4) is 33.6 Å². The third kappa shape index (κ3) is 5.85. The molecule has 63 heavy (non-hydrogen) atoms. The van der Waals surface area contributed by atoms with Gasteiger partial charge in [-0.1, -0.05) is 224 Å². The van der Waals surface area contributed by atoms with E-state index in [1.807, 2.05) is 0 Å². The number of aromatic nitrogens is 2. The zero-order valence-corrected chi connectivity index (χ0v) is 35.6. The van der Waals surface area contributed by atoms with Gasteiger partial charge in [0.25, 0.3) is 0 Å². The molecule has 0 aliphatic rings. The molecule has 0 bridgehead atoms. The normalized spacial score (nSPS) is 11.8. The van der Waals surface area contributed by atoms with Crippen LogP contribution in [0.3, 0.4) is 0 Å². The smallest absolute Gasteiger partial charge is 0.179 e. The van der Waals surface area contributed by atoms with E-state index in [-0.39, 0.29) is 0 Å². The maximum Gasteiger partial charge on any atom is 0.179 e. The first kappa shape index (κ1) is 36.8. The number of fused-ring (bicyclic) bond motifs is 6. The van der Waals surface area contributed by atoms with E-state index in [9.17, 15) is 0 Å². The number of para-hydroxylation sites is 3. The van der Waals surface area contributed by atoms with Gasteiger partial charge in [0.1, 0.15) is 0 Å². The van der Waals surface area contributed by atoms with Crippen molar-refractivity contribution >= 4 is 72.4 Å². The first-order chi connectivity index (χ1) is 31.3. The molecule has 0 aliphatic heterocycles. The predicted octanol–water partition coefficient (Wildman–Crippen LogP) is 12.6. The summed E-state index contributed by atoms with van der Waals surface area (Å²) in [6.07, 6.45) is 0. The van der Waals surface area contributed by atoms with Crippen molar-refractivity contribution < 1.29 is 0 Å². The van der Waals surface area contributed by atoms with Gasteiger partial charge in [0.05, 0.1) is 33.4 Å². The Morgan fingerprint density at radius 3 is 1.33 bits per heavy atom. The number of hydrogen-bond acceptors (Lipinski definition) is 0. The van der Waals surface area contributed by atoms with Crippen LogP contribution in [0.1, 0.15) is 0 Å². The van der Waals surface area contributed by atoms with Gasteiger partial charge >= 0.3 is 0 Å². The van der Waals surface area contributed by atoms with Crippen LogP contribution >= 0.6 is 0 Å². The fourth-order valence-corrected chi connectivity index (χ4v) is 15.1. The second kappa shape index (κ2) is 15.2. The first-order valence-corrected chi connectivity index (χ1v) is 23.8. The molecular formula is C60H42N2Si. The Hall–Kier alpha value is -7.98. The van der Waals surface area contributed by atoms with Crippen LogP contribution in [0.25, 0.3) is 77.2 Å². The van der Waals surface area contributed by atoms with Crippen LogP contribution in [0.15, 0.2) is 255 Å². The van der Waals surface area contributed by atoms with E-state index in [0.717, 1.165) is 11.4 Å². The Kier molecular flexibility index (Phi) is 8.87. The molecule has 2 heterocycles. The summed E-state index contributed by atoms with van der Waals surface area (Å²) in [7, 11) is -2.78. The first-order valence-electron chi connectivity index (χ1n) is 21.8. The topological polar surface area (TPSA) is 9.86 Å². The maximum atomic E-state index is 2.53. The van der Waals surface area contributed by atoms with Gasteiger partial charge in [0.15, 0.2) is 8.07 Å². The highest BCUT2D eigenvalue weighted by Crippen LogP contribution is 2.42. The van der Waals surface area contributed by atoms with Crippen LogP contribution in [-0.2, 0) is 0 Å². The molecular weight excluding hydrogens is 777 g/mol. The number of hydrogen-bond donors (Lipinski definition) is 0. The van der Waals surface area contributed by atoms with E-state index >= 15 is 0 Å². The molecule has 2 nitrogen and oxygen atoms in total. The van der Waals surface area contributed by atoms with Gasteiger partial charge in [0.2, 0.25) is 0 Å². The highest BCUT2D eigenvalue weighted by molar-refractivity contribution is 7.20. The molecule has 0 saturated heterocycles. The van der Waals surface area contributed by atoms with Gasteiger partial charge in [-0.15, -0.1) is 0 Å². The average Bonchev–Trinajstić information content (AvgIpc) is 3.88. The Labute approximate surface area is 368 Å². The van der Waals surface area contributed by atoms with Gasteiger partial charge in [-0.05, 0) is 67.8 Å². The second-order valence-corrected chi connectivity index (χ2v) is 20.2. The van der Waals surface area contributed by atoms with Crippen LogP contribution in [0.2, 0.25) is 0 Å². The molecule has 0 spiro atoms. The van der Waals surface area contributed by atoms with E-state index in [1.54, 1.807) is 0 Å². The van der Waals surface area contributed by atoms with E-state index in [4.69, 9.17) is 0 Å². The van der Waals surface area contributed by atoms with Crippen molar-refractivity contribution in [1.29, 1.82) is 0 Å². The third-order valence-electron chi connectivity index (χ3n) is 13.1. The van der Waals surface area contributed by atoms with Crippen LogP contribution in [-0.4, -0.2) is 17.2 Å².